The number of nitrogens with zero attached hydrogens (tertiary/aromatic N) is 5. The fraction of sp³-hybridized carbons (Fsp3) is 0.481. The summed E-state index contributed by atoms with van der Waals surface area (Å²) in [5.41, 5.74) is 7.03. The zero-order valence-electron chi connectivity index (χ0n) is 23.3. The van der Waals surface area contributed by atoms with E-state index in [9.17, 15) is 18.0 Å². The van der Waals surface area contributed by atoms with Crippen LogP contribution in [0.15, 0.2) is 30.6 Å². The van der Waals surface area contributed by atoms with Gasteiger partial charge >= 0.3 is 10.2 Å². The predicted molar refractivity (Wildman–Crippen MR) is 158 cm³/mol. The second-order valence-corrected chi connectivity index (χ2v) is 13.9. The Morgan fingerprint density at radius 1 is 1.17 bits per heavy atom. The van der Waals surface area contributed by atoms with Crippen LogP contribution < -0.4 is 11.1 Å². The van der Waals surface area contributed by atoms with Gasteiger partial charge < -0.3 is 25.6 Å². The molecule has 3 aliphatic rings. The van der Waals surface area contributed by atoms with E-state index in [0.717, 1.165) is 21.0 Å². The van der Waals surface area contributed by atoms with Gasteiger partial charge in [0.05, 0.1) is 24.9 Å². The number of morpholine rings is 1. The Morgan fingerprint density at radius 2 is 1.93 bits per heavy atom. The van der Waals surface area contributed by atoms with Gasteiger partial charge in [0, 0.05) is 91.8 Å². The molecular weight excluding hydrogens is 580 g/mol. The molecule has 3 aliphatic heterocycles. The van der Waals surface area contributed by atoms with Gasteiger partial charge in [0.1, 0.15) is 5.84 Å². The van der Waals surface area contributed by atoms with Crippen molar-refractivity contribution in [1.82, 2.24) is 28.4 Å². The number of nitrogen functional groups attached to an aromatic ring is 1. The van der Waals surface area contributed by atoms with Gasteiger partial charge in [-0.3, -0.25) is 15.0 Å². The average Bonchev–Trinajstić information content (AvgIpc) is 3.61. The maximum Gasteiger partial charge on any atom is 0.307 e. The molecular formula is C27H34N8O5S2. The Balaban J connectivity index is 1.27. The fourth-order valence-corrected chi connectivity index (χ4v) is 8.12. The van der Waals surface area contributed by atoms with Crippen molar-refractivity contribution in [2.24, 2.45) is 5.73 Å². The molecule has 13 nitrogen and oxygen atoms in total. The number of nitrogens with two attached hydrogens (primary N) is 1. The van der Waals surface area contributed by atoms with Gasteiger partial charge in [0.25, 0.3) is 5.91 Å². The first kappa shape index (κ1) is 28.7. The van der Waals surface area contributed by atoms with Gasteiger partial charge in [0.2, 0.25) is 5.91 Å². The van der Waals surface area contributed by atoms with Crippen molar-refractivity contribution in [3.63, 3.8) is 0 Å². The molecule has 2 saturated heterocycles. The highest BCUT2D eigenvalue weighted by Crippen LogP contribution is 2.28. The number of amidine groups is 1. The molecule has 2 amide bonds. The fourth-order valence-electron chi connectivity index (χ4n) is 5.70. The number of aromatic nitrogens is 2. The first-order valence-corrected chi connectivity index (χ1v) is 16.2. The second kappa shape index (κ2) is 11.4. The van der Waals surface area contributed by atoms with E-state index in [1.54, 1.807) is 28.0 Å². The minimum Gasteiger partial charge on any atom is -0.384 e. The van der Waals surface area contributed by atoms with Crippen molar-refractivity contribution >= 4 is 50.0 Å². The van der Waals surface area contributed by atoms with Crippen LogP contribution in [0.1, 0.15) is 39.3 Å². The van der Waals surface area contributed by atoms with Gasteiger partial charge in [-0.1, -0.05) is 12.1 Å². The molecule has 1 aromatic carbocycles. The molecule has 15 heteroatoms. The minimum atomic E-state index is -4.01. The summed E-state index contributed by atoms with van der Waals surface area (Å²) in [5, 5.41) is 12.8. The Morgan fingerprint density at radius 3 is 2.69 bits per heavy atom. The van der Waals surface area contributed by atoms with E-state index in [4.69, 9.17) is 15.9 Å². The summed E-state index contributed by atoms with van der Waals surface area (Å²) in [6.07, 6.45) is 3.76. The van der Waals surface area contributed by atoms with Gasteiger partial charge in [-0.2, -0.15) is 12.7 Å². The van der Waals surface area contributed by atoms with Crippen molar-refractivity contribution in [3.8, 4) is 0 Å². The molecule has 6 rings (SSSR count). The quantitative estimate of drug-likeness (QED) is 0.268. The third-order valence-electron chi connectivity index (χ3n) is 8.08. The van der Waals surface area contributed by atoms with E-state index in [1.807, 2.05) is 0 Å². The third kappa shape index (κ3) is 5.54. The maximum absolute atomic E-state index is 13.8. The van der Waals surface area contributed by atoms with Gasteiger partial charge in [-0.15, -0.1) is 11.3 Å². The number of rotatable bonds is 6. The first-order chi connectivity index (χ1) is 20.1. The molecule has 0 aliphatic carbocycles. The van der Waals surface area contributed by atoms with E-state index in [2.05, 4.69) is 17.2 Å². The molecule has 2 fully saturated rings. The van der Waals surface area contributed by atoms with Crippen LogP contribution in [0.2, 0.25) is 0 Å². The zero-order chi connectivity index (χ0) is 29.6. The lowest BCUT2D eigenvalue weighted by atomic mass is 10.1. The number of fused-ring (bicyclic) bond motifs is 2. The van der Waals surface area contributed by atoms with Crippen LogP contribution in [-0.4, -0.2) is 107 Å². The number of hydrogen-bond donors (Lipinski definition) is 3. The molecule has 4 N–H and O–H groups in total. The lowest BCUT2D eigenvalue weighted by Crippen LogP contribution is -2.58. The first-order valence-electron chi connectivity index (χ1n) is 14.0. The summed E-state index contributed by atoms with van der Waals surface area (Å²) in [7, 11) is -4.01. The van der Waals surface area contributed by atoms with Crippen LogP contribution in [0.5, 0.6) is 0 Å². The lowest BCUT2D eigenvalue weighted by Gasteiger charge is -2.41. The van der Waals surface area contributed by atoms with Crippen LogP contribution in [0.25, 0.3) is 10.8 Å². The van der Waals surface area contributed by atoms with Gasteiger partial charge in [-0.05, 0) is 13.0 Å². The largest absolute Gasteiger partial charge is 0.384 e. The van der Waals surface area contributed by atoms with Gasteiger partial charge in [-0.25, -0.2) is 8.96 Å². The normalized spacial score (nSPS) is 21.8. The average molecular weight is 615 g/mol. The number of carbonyl (C=O) groups excluding carboxylic acids is 2. The van der Waals surface area contributed by atoms with E-state index < -0.39 is 16.3 Å². The van der Waals surface area contributed by atoms with Crippen LogP contribution in [-0.2, 0) is 32.7 Å². The molecule has 5 heterocycles. The predicted octanol–water partition coefficient (Wildman–Crippen LogP) is 0.584. The second-order valence-electron chi connectivity index (χ2n) is 10.9. The van der Waals surface area contributed by atoms with E-state index in [-0.39, 0.29) is 49.7 Å². The molecule has 0 spiro atoms. The monoisotopic (exact) mass is 614 g/mol. The van der Waals surface area contributed by atoms with Crippen molar-refractivity contribution in [1.29, 1.82) is 5.41 Å². The highest BCUT2D eigenvalue weighted by atomic mass is 32.2. The van der Waals surface area contributed by atoms with E-state index >= 15 is 0 Å². The van der Waals surface area contributed by atoms with Crippen LogP contribution in [0.4, 0.5) is 0 Å². The summed E-state index contributed by atoms with van der Waals surface area (Å²) in [5.74, 6) is -0.518. The Kier molecular flexibility index (Phi) is 7.78. The van der Waals surface area contributed by atoms with Crippen molar-refractivity contribution in [3.05, 3.63) is 51.7 Å². The van der Waals surface area contributed by atoms with Crippen LogP contribution in [0.3, 0.4) is 0 Å². The summed E-state index contributed by atoms with van der Waals surface area (Å²) < 4.78 is 35.5. The summed E-state index contributed by atoms with van der Waals surface area (Å²) in [6.45, 7) is 4.74. The molecule has 0 bridgehead atoms. The van der Waals surface area contributed by atoms with E-state index in [0.29, 0.717) is 54.2 Å². The Bertz CT molecular complexity index is 1640. The van der Waals surface area contributed by atoms with Gasteiger partial charge in [0.15, 0.2) is 5.01 Å². The zero-order valence-corrected chi connectivity index (χ0v) is 24.9. The third-order valence-corrected chi connectivity index (χ3v) is 10.9. The molecule has 0 radical (unpaired) electrons. The Hall–Kier alpha value is -3.37. The molecule has 2 aromatic heterocycles. The number of hydrogen-bond acceptors (Lipinski definition) is 9. The molecule has 0 saturated carbocycles. The van der Waals surface area contributed by atoms with Crippen LogP contribution in [0, 0.1) is 5.41 Å². The molecule has 2 unspecified atom stereocenters. The Labute approximate surface area is 247 Å². The van der Waals surface area contributed by atoms with E-state index in [1.165, 1.54) is 28.0 Å². The maximum atomic E-state index is 13.8. The number of benzene rings is 1. The highest BCUT2D eigenvalue weighted by molar-refractivity contribution is 7.87. The lowest BCUT2D eigenvalue weighted by molar-refractivity contribution is -0.136. The molecule has 42 heavy (non-hydrogen) atoms. The number of piperazine rings is 1. The number of ether oxygens (including phenoxy) is 1. The standard InChI is InChI=1S/C27H34N8O5S2/c1-17-10-22-23(13-30-17)41-26(31-22)27(37)35-5-4-33(16-21(35)12-24(36)32-6-8-40-9-7-32)42(38,39)34-14-19-3-2-18(25(28)29)11-20(19)15-34/h2-3,11,14-15,17,21,30H,4-10,12-13,16H2,1H3,(H3,28,29). The summed E-state index contributed by atoms with van der Waals surface area (Å²) in [6, 6.07) is 4.68. The van der Waals surface area contributed by atoms with Crippen LogP contribution >= 0.6 is 11.3 Å². The highest BCUT2D eigenvalue weighted by Gasteiger charge is 2.39. The smallest absolute Gasteiger partial charge is 0.307 e. The molecule has 3 aromatic rings. The summed E-state index contributed by atoms with van der Waals surface area (Å²) >= 11 is 1.36. The molecule has 2 atom stereocenters. The topological polar surface area (TPSA) is 167 Å². The number of thiazole rings is 1. The van der Waals surface area contributed by atoms with Crippen molar-refractivity contribution in [2.45, 2.75) is 38.4 Å². The van der Waals surface area contributed by atoms with Crippen molar-refractivity contribution < 1.29 is 22.7 Å². The minimum absolute atomic E-state index is 0.00291. The number of amides is 2. The number of carbonyl (C=O) groups is 2. The molecule has 224 valence electrons. The number of nitrogens with one attached hydrogen (secondary N) is 2. The SMILES string of the molecule is CC1Cc2nc(C(=O)N3CCN(S(=O)(=O)n4cc5ccc(C(=N)N)cc5c4)CC3CC(=O)N3CCOCC3)sc2CN1. The summed E-state index contributed by atoms with van der Waals surface area (Å²) in [4.78, 5) is 36.1. The van der Waals surface area contributed by atoms with Crippen molar-refractivity contribution in [2.75, 3.05) is 45.9 Å².